The zero-order valence-corrected chi connectivity index (χ0v) is 19.6. The number of carbonyl (C=O) groups excluding carboxylic acids is 1. The zero-order valence-electron chi connectivity index (χ0n) is 18.8. The molecule has 9 heteroatoms. The Bertz CT molecular complexity index is 1200. The van der Waals surface area contributed by atoms with Crippen LogP contribution >= 0.6 is 11.3 Å². The van der Waals surface area contributed by atoms with Gasteiger partial charge in [-0.05, 0) is 49.9 Å². The summed E-state index contributed by atoms with van der Waals surface area (Å²) in [6, 6.07) is 5.70. The number of aromatic nitrogens is 2. The highest BCUT2D eigenvalue weighted by atomic mass is 32.1. The number of hydrogen-bond acceptors (Lipinski definition) is 7. The van der Waals surface area contributed by atoms with Gasteiger partial charge in [0.05, 0.1) is 38.0 Å². The summed E-state index contributed by atoms with van der Waals surface area (Å²) in [4.78, 5) is 33.9. The lowest BCUT2D eigenvalue weighted by Gasteiger charge is -2.32. The molecule has 4 rings (SSSR count). The predicted molar refractivity (Wildman–Crippen MR) is 125 cm³/mol. The van der Waals surface area contributed by atoms with Gasteiger partial charge in [-0.1, -0.05) is 0 Å². The molecule has 0 unspecified atom stereocenters. The van der Waals surface area contributed by atoms with Crippen molar-refractivity contribution in [3.8, 4) is 11.5 Å². The van der Waals surface area contributed by atoms with E-state index < -0.39 is 5.54 Å². The Kier molecular flexibility index (Phi) is 5.96. The maximum Gasteiger partial charge on any atom is 0.262 e. The van der Waals surface area contributed by atoms with E-state index in [0.29, 0.717) is 49.4 Å². The molecule has 3 aromatic rings. The normalized spacial score (nSPS) is 13.8. The Balaban J connectivity index is 1.60. The number of nitrogens with two attached hydrogens (primary N) is 1. The molecule has 1 aromatic carbocycles. The van der Waals surface area contributed by atoms with Crippen LogP contribution in [0, 0.1) is 0 Å². The highest BCUT2D eigenvalue weighted by molar-refractivity contribution is 7.18. The van der Waals surface area contributed by atoms with Gasteiger partial charge in [-0.25, -0.2) is 4.98 Å². The van der Waals surface area contributed by atoms with Gasteiger partial charge in [0.15, 0.2) is 0 Å². The number of nitrogens with zero attached hydrogens (tertiary/aromatic N) is 3. The minimum absolute atomic E-state index is 0.0405. The SMILES string of the molecule is COc1cc(CCn2cnc3sc4c(c3c2=O)CCN(C(=O)C(C)(C)N)C4)cc(OC)c1. The highest BCUT2D eigenvalue weighted by Crippen LogP contribution is 2.33. The van der Waals surface area contributed by atoms with Crippen molar-refractivity contribution in [1.29, 1.82) is 0 Å². The van der Waals surface area contributed by atoms with E-state index in [4.69, 9.17) is 15.2 Å². The van der Waals surface area contributed by atoms with Crippen LogP contribution in [-0.2, 0) is 30.7 Å². The van der Waals surface area contributed by atoms with E-state index in [1.807, 2.05) is 18.2 Å². The fourth-order valence-corrected chi connectivity index (χ4v) is 5.21. The molecule has 0 aliphatic carbocycles. The molecule has 0 saturated carbocycles. The number of ether oxygens (including phenoxy) is 2. The minimum Gasteiger partial charge on any atom is -0.497 e. The summed E-state index contributed by atoms with van der Waals surface area (Å²) < 4.78 is 12.3. The van der Waals surface area contributed by atoms with Crippen molar-refractivity contribution in [2.75, 3.05) is 20.8 Å². The smallest absolute Gasteiger partial charge is 0.262 e. The molecule has 2 aromatic heterocycles. The van der Waals surface area contributed by atoms with Crippen molar-refractivity contribution in [1.82, 2.24) is 14.5 Å². The zero-order chi connectivity index (χ0) is 23.0. The molecule has 1 amide bonds. The van der Waals surface area contributed by atoms with Crippen LogP contribution in [0.15, 0.2) is 29.3 Å². The van der Waals surface area contributed by atoms with E-state index in [1.54, 1.807) is 43.9 Å². The molecule has 8 nitrogen and oxygen atoms in total. The van der Waals surface area contributed by atoms with E-state index in [9.17, 15) is 9.59 Å². The number of hydrogen-bond donors (Lipinski definition) is 1. The summed E-state index contributed by atoms with van der Waals surface area (Å²) in [5, 5.41) is 0.676. The third-order valence-corrected chi connectivity index (χ3v) is 6.84. The number of amides is 1. The van der Waals surface area contributed by atoms with Crippen molar-refractivity contribution >= 4 is 27.5 Å². The second-order valence-electron chi connectivity index (χ2n) is 8.60. The predicted octanol–water partition coefficient (Wildman–Crippen LogP) is 2.34. The first kappa shape index (κ1) is 22.3. The van der Waals surface area contributed by atoms with Crippen molar-refractivity contribution < 1.29 is 14.3 Å². The van der Waals surface area contributed by atoms with Gasteiger partial charge in [-0.3, -0.25) is 14.2 Å². The highest BCUT2D eigenvalue weighted by Gasteiger charge is 2.32. The first-order valence-corrected chi connectivity index (χ1v) is 11.3. The molecule has 3 heterocycles. The average molecular weight is 457 g/mol. The summed E-state index contributed by atoms with van der Waals surface area (Å²) in [5.41, 5.74) is 7.07. The van der Waals surface area contributed by atoms with Gasteiger partial charge in [-0.15, -0.1) is 11.3 Å². The quantitative estimate of drug-likeness (QED) is 0.611. The largest absolute Gasteiger partial charge is 0.497 e. The van der Waals surface area contributed by atoms with Crippen LogP contribution in [0.3, 0.4) is 0 Å². The van der Waals surface area contributed by atoms with E-state index in [0.717, 1.165) is 20.8 Å². The molecule has 2 N–H and O–H groups in total. The fourth-order valence-electron chi connectivity index (χ4n) is 4.02. The fraction of sp³-hybridized carbons (Fsp3) is 0.435. The Morgan fingerprint density at radius 3 is 2.53 bits per heavy atom. The van der Waals surface area contributed by atoms with Gasteiger partial charge < -0.3 is 20.1 Å². The van der Waals surface area contributed by atoms with Crippen LogP contribution in [0.1, 0.15) is 29.9 Å². The minimum atomic E-state index is -0.915. The second kappa shape index (κ2) is 8.55. The van der Waals surface area contributed by atoms with Gasteiger partial charge in [0.1, 0.15) is 16.3 Å². The molecule has 0 radical (unpaired) electrons. The third-order valence-electron chi connectivity index (χ3n) is 5.72. The molecular weight excluding hydrogens is 428 g/mol. The lowest BCUT2D eigenvalue weighted by molar-refractivity contribution is -0.136. The van der Waals surface area contributed by atoms with Crippen LogP contribution in [0.2, 0.25) is 0 Å². The molecule has 170 valence electrons. The van der Waals surface area contributed by atoms with Crippen molar-refractivity contribution in [2.45, 2.75) is 45.3 Å². The maximum absolute atomic E-state index is 13.3. The van der Waals surface area contributed by atoms with Crippen LogP contribution in [0.25, 0.3) is 10.2 Å². The maximum atomic E-state index is 13.3. The van der Waals surface area contributed by atoms with Crippen LogP contribution < -0.4 is 20.8 Å². The molecule has 1 aliphatic rings. The Labute approximate surface area is 190 Å². The Morgan fingerprint density at radius 2 is 1.91 bits per heavy atom. The third kappa shape index (κ3) is 4.22. The number of methoxy groups -OCH3 is 2. The van der Waals surface area contributed by atoms with Gasteiger partial charge in [0, 0.05) is 24.0 Å². The van der Waals surface area contributed by atoms with Crippen LogP contribution in [-0.4, -0.2) is 46.7 Å². The number of rotatable bonds is 6. The second-order valence-corrected chi connectivity index (χ2v) is 9.68. The van der Waals surface area contributed by atoms with Crippen molar-refractivity contribution in [3.63, 3.8) is 0 Å². The monoisotopic (exact) mass is 456 g/mol. The Morgan fingerprint density at radius 1 is 1.22 bits per heavy atom. The van der Waals surface area contributed by atoms with Crippen molar-refractivity contribution in [3.05, 3.63) is 50.9 Å². The summed E-state index contributed by atoms with van der Waals surface area (Å²) in [7, 11) is 3.23. The molecule has 0 saturated heterocycles. The lowest BCUT2D eigenvalue weighted by Crippen LogP contribution is -2.52. The number of thiophene rings is 1. The number of carbonyl (C=O) groups is 1. The molecule has 0 bridgehead atoms. The topological polar surface area (TPSA) is 99.7 Å². The van der Waals surface area contributed by atoms with Gasteiger partial charge in [0.25, 0.3) is 5.56 Å². The van der Waals surface area contributed by atoms with E-state index in [1.165, 1.54) is 11.3 Å². The van der Waals surface area contributed by atoms with E-state index in [2.05, 4.69) is 4.98 Å². The van der Waals surface area contributed by atoms with Gasteiger partial charge in [0.2, 0.25) is 5.91 Å². The molecule has 0 atom stereocenters. The van der Waals surface area contributed by atoms with Crippen LogP contribution in [0.4, 0.5) is 0 Å². The summed E-state index contributed by atoms with van der Waals surface area (Å²) >= 11 is 1.49. The molecule has 0 spiro atoms. The first-order chi connectivity index (χ1) is 15.2. The summed E-state index contributed by atoms with van der Waals surface area (Å²) in [6.07, 6.45) is 2.88. The van der Waals surface area contributed by atoms with E-state index >= 15 is 0 Å². The first-order valence-electron chi connectivity index (χ1n) is 10.5. The van der Waals surface area contributed by atoms with Crippen molar-refractivity contribution in [2.24, 2.45) is 5.73 Å². The number of fused-ring (bicyclic) bond motifs is 3. The van der Waals surface area contributed by atoms with Gasteiger partial charge in [-0.2, -0.15) is 0 Å². The molecule has 1 aliphatic heterocycles. The summed E-state index contributed by atoms with van der Waals surface area (Å²) in [5.74, 6) is 1.35. The molecular formula is C23H28N4O4S. The van der Waals surface area contributed by atoms with Gasteiger partial charge >= 0.3 is 0 Å². The number of aryl methyl sites for hydroxylation is 2. The molecule has 32 heavy (non-hydrogen) atoms. The number of benzene rings is 1. The Hall–Kier alpha value is -2.91. The molecule has 0 fully saturated rings. The average Bonchev–Trinajstić information content (AvgIpc) is 3.15. The van der Waals surface area contributed by atoms with E-state index in [-0.39, 0.29) is 11.5 Å². The summed E-state index contributed by atoms with van der Waals surface area (Å²) in [6.45, 7) is 4.95. The van der Waals surface area contributed by atoms with Crippen LogP contribution in [0.5, 0.6) is 11.5 Å². The lowest BCUT2D eigenvalue weighted by atomic mass is 10.0. The standard InChI is InChI=1S/C23H28N4O4S/c1-23(2,24)22(29)26-8-6-17-18(12-26)32-20-19(17)21(28)27(13-25-20)7-5-14-9-15(30-3)11-16(10-14)31-4/h9-11,13H,5-8,12,24H2,1-4H3.